The van der Waals surface area contributed by atoms with Gasteiger partial charge in [-0.2, -0.15) is 0 Å². The number of esters is 1. The lowest BCUT2D eigenvalue weighted by Gasteiger charge is -2.04. The first-order chi connectivity index (χ1) is 12.7. The summed E-state index contributed by atoms with van der Waals surface area (Å²) in [6.07, 6.45) is 0.676. The van der Waals surface area contributed by atoms with Crippen LogP contribution in [0.3, 0.4) is 0 Å². The smallest absolute Gasteiger partial charge is 0.343 e. The maximum Gasteiger partial charge on any atom is 0.343 e. The van der Waals surface area contributed by atoms with Crippen molar-refractivity contribution in [2.24, 2.45) is 0 Å². The van der Waals surface area contributed by atoms with E-state index in [1.54, 1.807) is 36.4 Å². The Hall–Kier alpha value is -3.11. The van der Waals surface area contributed by atoms with Gasteiger partial charge in [-0.1, -0.05) is 53.2 Å². The lowest BCUT2D eigenvalue weighted by molar-refractivity contribution is 0.0735. The van der Waals surface area contributed by atoms with Crippen LogP contribution in [-0.4, -0.2) is 11.1 Å². The third-order valence-corrected chi connectivity index (χ3v) is 4.24. The van der Waals surface area contributed by atoms with Gasteiger partial charge in [-0.3, -0.25) is 0 Å². The third kappa shape index (κ3) is 3.46. The van der Waals surface area contributed by atoms with Crippen LogP contribution < -0.4 is 4.74 Å². The van der Waals surface area contributed by atoms with E-state index < -0.39 is 5.97 Å². The standard InChI is InChI=1S/C21H14ClNO3/c22-16-8-4-7-15(12-16)21(24)25-17-9-10-18-19(23-26-20(18)13-17)11-14-5-2-1-3-6-14/h1-10,12-13H,11H2. The molecule has 4 rings (SSSR count). The molecule has 4 aromatic rings. The minimum Gasteiger partial charge on any atom is -0.423 e. The first-order valence-corrected chi connectivity index (χ1v) is 8.47. The number of carbonyl (C=O) groups excluding carboxylic acids is 1. The number of halogens is 1. The number of hydrogen-bond acceptors (Lipinski definition) is 4. The zero-order chi connectivity index (χ0) is 17.9. The quantitative estimate of drug-likeness (QED) is 0.365. The Labute approximate surface area is 155 Å². The molecule has 26 heavy (non-hydrogen) atoms. The van der Waals surface area contributed by atoms with Gasteiger partial charge in [0.2, 0.25) is 0 Å². The Bertz CT molecular complexity index is 1070. The van der Waals surface area contributed by atoms with E-state index in [9.17, 15) is 4.79 Å². The number of carbonyl (C=O) groups is 1. The molecule has 0 aliphatic rings. The van der Waals surface area contributed by atoms with Gasteiger partial charge in [-0.25, -0.2) is 4.79 Å². The molecule has 0 fully saturated rings. The molecule has 0 saturated carbocycles. The number of hydrogen-bond donors (Lipinski definition) is 0. The summed E-state index contributed by atoms with van der Waals surface area (Å²) in [5, 5.41) is 5.53. The van der Waals surface area contributed by atoms with Gasteiger partial charge in [0.15, 0.2) is 5.58 Å². The molecule has 0 atom stereocenters. The highest BCUT2D eigenvalue weighted by molar-refractivity contribution is 6.30. The van der Waals surface area contributed by atoms with E-state index in [0.29, 0.717) is 28.3 Å². The van der Waals surface area contributed by atoms with E-state index in [-0.39, 0.29) is 0 Å². The van der Waals surface area contributed by atoms with E-state index in [1.807, 2.05) is 36.4 Å². The minimum atomic E-state index is -0.476. The van der Waals surface area contributed by atoms with Crippen LogP contribution in [0.2, 0.25) is 5.02 Å². The van der Waals surface area contributed by atoms with E-state index in [2.05, 4.69) is 5.16 Å². The molecule has 0 radical (unpaired) electrons. The number of benzene rings is 3. The first-order valence-electron chi connectivity index (χ1n) is 8.09. The molecule has 0 N–H and O–H groups in total. The van der Waals surface area contributed by atoms with Gasteiger partial charge < -0.3 is 9.26 Å². The van der Waals surface area contributed by atoms with Crippen LogP contribution in [0.5, 0.6) is 5.75 Å². The molecule has 0 aliphatic carbocycles. The number of rotatable bonds is 4. The Balaban J connectivity index is 1.56. The maximum atomic E-state index is 12.2. The predicted octanol–water partition coefficient (Wildman–Crippen LogP) is 5.29. The fraction of sp³-hybridized carbons (Fsp3) is 0.0476. The predicted molar refractivity (Wildman–Crippen MR) is 99.7 cm³/mol. The van der Waals surface area contributed by atoms with Gasteiger partial charge in [0, 0.05) is 22.9 Å². The summed E-state index contributed by atoms with van der Waals surface area (Å²) in [5.41, 5.74) is 2.96. The SMILES string of the molecule is O=C(Oc1ccc2c(Cc3ccccc3)noc2c1)c1cccc(Cl)c1. The second kappa shape index (κ2) is 7.02. The molecule has 0 unspecified atom stereocenters. The topological polar surface area (TPSA) is 52.3 Å². The summed E-state index contributed by atoms with van der Waals surface area (Å²) in [6.45, 7) is 0. The summed E-state index contributed by atoms with van der Waals surface area (Å²) < 4.78 is 10.8. The molecule has 3 aromatic carbocycles. The number of aromatic nitrogens is 1. The van der Waals surface area contributed by atoms with Gasteiger partial charge in [-0.05, 0) is 35.9 Å². The van der Waals surface area contributed by atoms with Crippen molar-refractivity contribution in [3.8, 4) is 5.75 Å². The van der Waals surface area contributed by atoms with E-state index in [1.165, 1.54) is 0 Å². The molecular weight excluding hydrogens is 350 g/mol. The Morgan fingerprint density at radius 2 is 1.85 bits per heavy atom. The molecule has 4 nitrogen and oxygen atoms in total. The van der Waals surface area contributed by atoms with Crippen molar-refractivity contribution in [1.82, 2.24) is 5.16 Å². The fourth-order valence-electron chi connectivity index (χ4n) is 2.73. The zero-order valence-electron chi connectivity index (χ0n) is 13.7. The maximum absolute atomic E-state index is 12.2. The van der Waals surface area contributed by atoms with Crippen LogP contribution in [0.4, 0.5) is 0 Å². The van der Waals surface area contributed by atoms with Crippen molar-refractivity contribution >= 4 is 28.5 Å². The van der Waals surface area contributed by atoms with Crippen molar-refractivity contribution in [2.75, 3.05) is 0 Å². The molecule has 1 aromatic heterocycles. The summed E-state index contributed by atoms with van der Waals surface area (Å²) >= 11 is 5.91. The molecule has 0 spiro atoms. The van der Waals surface area contributed by atoms with Crippen molar-refractivity contribution in [1.29, 1.82) is 0 Å². The number of nitrogens with zero attached hydrogens (tertiary/aromatic N) is 1. The minimum absolute atomic E-state index is 0.389. The largest absolute Gasteiger partial charge is 0.423 e. The molecule has 0 amide bonds. The molecule has 5 heteroatoms. The molecule has 0 bridgehead atoms. The number of ether oxygens (including phenoxy) is 1. The van der Waals surface area contributed by atoms with Gasteiger partial charge in [0.25, 0.3) is 0 Å². The second-order valence-corrected chi connectivity index (χ2v) is 6.29. The molecule has 0 saturated heterocycles. The first kappa shape index (κ1) is 16.4. The van der Waals surface area contributed by atoms with Gasteiger partial charge in [0.05, 0.1) is 11.3 Å². The number of fused-ring (bicyclic) bond motifs is 1. The van der Waals surface area contributed by atoms with Crippen LogP contribution >= 0.6 is 11.6 Å². The van der Waals surface area contributed by atoms with Crippen LogP contribution in [-0.2, 0) is 6.42 Å². The van der Waals surface area contributed by atoms with Crippen molar-refractivity contribution in [3.05, 3.63) is 94.6 Å². The lowest BCUT2D eigenvalue weighted by Crippen LogP contribution is -2.08. The summed E-state index contributed by atoms with van der Waals surface area (Å²) in [7, 11) is 0. The molecule has 128 valence electrons. The summed E-state index contributed by atoms with van der Waals surface area (Å²) in [4.78, 5) is 12.2. The van der Waals surface area contributed by atoms with Crippen LogP contribution in [0.25, 0.3) is 11.0 Å². The van der Waals surface area contributed by atoms with Crippen LogP contribution in [0.1, 0.15) is 21.6 Å². The average molecular weight is 364 g/mol. The van der Waals surface area contributed by atoms with Crippen LogP contribution in [0.15, 0.2) is 77.3 Å². The highest BCUT2D eigenvalue weighted by atomic mass is 35.5. The lowest BCUT2D eigenvalue weighted by atomic mass is 10.1. The zero-order valence-corrected chi connectivity index (χ0v) is 14.4. The van der Waals surface area contributed by atoms with Crippen molar-refractivity contribution < 1.29 is 14.1 Å². The highest BCUT2D eigenvalue weighted by Crippen LogP contribution is 2.26. The summed E-state index contributed by atoms with van der Waals surface area (Å²) in [6, 6.07) is 21.9. The van der Waals surface area contributed by atoms with Crippen LogP contribution in [0, 0.1) is 0 Å². The van der Waals surface area contributed by atoms with Gasteiger partial charge >= 0.3 is 5.97 Å². The Kier molecular flexibility index (Phi) is 4.42. The second-order valence-electron chi connectivity index (χ2n) is 5.85. The van der Waals surface area contributed by atoms with E-state index in [4.69, 9.17) is 20.9 Å². The molecule has 1 heterocycles. The van der Waals surface area contributed by atoms with Gasteiger partial charge in [-0.15, -0.1) is 0 Å². The normalized spacial score (nSPS) is 10.8. The Morgan fingerprint density at radius 1 is 1.00 bits per heavy atom. The van der Waals surface area contributed by atoms with Crippen molar-refractivity contribution in [2.45, 2.75) is 6.42 Å². The van der Waals surface area contributed by atoms with E-state index in [0.717, 1.165) is 16.6 Å². The third-order valence-electron chi connectivity index (χ3n) is 4.00. The molecule has 0 aliphatic heterocycles. The highest BCUT2D eigenvalue weighted by Gasteiger charge is 2.13. The monoisotopic (exact) mass is 363 g/mol. The molecular formula is C21H14ClNO3. The van der Waals surface area contributed by atoms with E-state index >= 15 is 0 Å². The average Bonchev–Trinajstić information content (AvgIpc) is 3.04. The van der Waals surface area contributed by atoms with Crippen molar-refractivity contribution in [3.63, 3.8) is 0 Å². The summed E-state index contributed by atoms with van der Waals surface area (Å²) in [5.74, 6) is -0.0826. The fourth-order valence-corrected chi connectivity index (χ4v) is 2.92. The van der Waals surface area contributed by atoms with Gasteiger partial charge in [0.1, 0.15) is 5.75 Å². The Morgan fingerprint density at radius 3 is 2.65 bits per heavy atom.